The topological polar surface area (TPSA) is 38.9 Å². The van der Waals surface area contributed by atoms with Crippen LogP contribution >= 0.6 is 0 Å². The third kappa shape index (κ3) is 3.83. The number of furan rings is 1. The summed E-state index contributed by atoms with van der Waals surface area (Å²) in [6.45, 7) is 0. The summed E-state index contributed by atoms with van der Waals surface area (Å²) in [4.78, 5) is 10.4. The zero-order valence-corrected chi connectivity index (χ0v) is 23.2. The second kappa shape index (κ2) is 9.37. The van der Waals surface area contributed by atoms with Crippen LogP contribution in [0.1, 0.15) is 0 Å². The Balaban J connectivity index is 1.37. The molecule has 0 bridgehead atoms. The molecule has 0 aliphatic rings. The third-order valence-corrected chi connectivity index (χ3v) is 8.44. The van der Waals surface area contributed by atoms with Crippen LogP contribution in [0, 0.1) is 0 Å². The third-order valence-electron chi connectivity index (χ3n) is 8.44. The van der Waals surface area contributed by atoms with Crippen molar-refractivity contribution >= 4 is 54.4 Å². The Bertz CT molecular complexity index is 2510. The molecule has 200 valence electrons. The van der Waals surface area contributed by atoms with E-state index < -0.39 is 0 Å². The average molecular weight is 549 g/mol. The highest BCUT2D eigenvalue weighted by Crippen LogP contribution is 2.43. The molecule has 0 saturated heterocycles. The van der Waals surface area contributed by atoms with Crippen LogP contribution in [0.3, 0.4) is 0 Å². The van der Waals surface area contributed by atoms with Gasteiger partial charge in [0.05, 0.1) is 11.2 Å². The molecule has 3 nitrogen and oxygen atoms in total. The first-order valence-electron chi connectivity index (χ1n) is 14.5. The van der Waals surface area contributed by atoms with Crippen LogP contribution in [-0.4, -0.2) is 9.97 Å². The maximum atomic E-state index is 6.70. The Kier molecular flexibility index (Phi) is 5.20. The van der Waals surface area contributed by atoms with Crippen molar-refractivity contribution in [2.75, 3.05) is 0 Å². The molecule has 0 radical (unpaired) electrons. The number of hydrogen-bond donors (Lipinski definition) is 0. The molecule has 0 atom stereocenters. The van der Waals surface area contributed by atoms with Crippen molar-refractivity contribution in [1.82, 2.24) is 9.97 Å². The lowest BCUT2D eigenvalue weighted by Crippen LogP contribution is -1.96. The Morgan fingerprint density at radius 2 is 1.12 bits per heavy atom. The summed E-state index contributed by atoms with van der Waals surface area (Å²) in [6, 6.07) is 50.8. The molecule has 9 rings (SSSR count). The van der Waals surface area contributed by atoms with Crippen molar-refractivity contribution in [2.45, 2.75) is 0 Å². The van der Waals surface area contributed by atoms with E-state index in [1.165, 1.54) is 16.2 Å². The normalized spacial score (nSPS) is 11.7. The van der Waals surface area contributed by atoms with Gasteiger partial charge in [0.2, 0.25) is 0 Å². The van der Waals surface area contributed by atoms with Gasteiger partial charge in [-0.3, -0.25) is 0 Å². The van der Waals surface area contributed by atoms with Crippen LogP contribution in [0.25, 0.3) is 88.2 Å². The van der Waals surface area contributed by atoms with Crippen LogP contribution in [0.5, 0.6) is 0 Å². The van der Waals surface area contributed by atoms with E-state index in [4.69, 9.17) is 14.4 Å². The van der Waals surface area contributed by atoms with Gasteiger partial charge in [0, 0.05) is 32.8 Å². The lowest BCUT2D eigenvalue weighted by molar-refractivity contribution is 0.670. The van der Waals surface area contributed by atoms with E-state index in [9.17, 15) is 0 Å². The Labute approximate surface area is 247 Å². The van der Waals surface area contributed by atoms with Crippen molar-refractivity contribution in [3.05, 3.63) is 146 Å². The maximum Gasteiger partial charge on any atom is 0.161 e. The highest BCUT2D eigenvalue weighted by atomic mass is 16.3. The molecule has 2 aromatic heterocycles. The molecule has 43 heavy (non-hydrogen) atoms. The van der Waals surface area contributed by atoms with E-state index in [1.54, 1.807) is 0 Å². The summed E-state index contributed by atoms with van der Waals surface area (Å²) in [6.07, 6.45) is 0. The van der Waals surface area contributed by atoms with Gasteiger partial charge in [0.1, 0.15) is 11.2 Å². The molecular formula is C40H24N2O. The zero-order valence-electron chi connectivity index (χ0n) is 23.2. The van der Waals surface area contributed by atoms with Crippen molar-refractivity contribution in [3.8, 4) is 33.8 Å². The van der Waals surface area contributed by atoms with Crippen molar-refractivity contribution in [3.63, 3.8) is 0 Å². The van der Waals surface area contributed by atoms with Gasteiger partial charge in [-0.1, -0.05) is 109 Å². The lowest BCUT2D eigenvalue weighted by Gasteiger charge is -2.12. The van der Waals surface area contributed by atoms with Gasteiger partial charge < -0.3 is 4.42 Å². The van der Waals surface area contributed by atoms with Crippen LogP contribution in [0.4, 0.5) is 0 Å². The van der Waals surface area contributed by atoms with Gasteiger partial charge in [-0.2, -0.15) is 0 Å². The van der Waals surface area contributed by atoms with Crippen LogP contribution in [-0.2, 0) is 0 Å². The van der Waals surface area contributed by atoms with E-state index in [-0.39, 0.29) is 0 Å². The molecule has 0 aliphatic heterocycles. The van der Waals surface area contributed by atoms with Crippen molar-refractivity contribution < 1.29 is 4.42 Å². The summed E-state index contributed by atoms with van der Waals surface area (Å²) in [7, 11) is 0. The molecule has 0 saturated carbocycles. The quantitative estimate of drug-likeness (QED) is 0.220. The number of nitrogens with zero attached hydrogens (tertiary/aromatic N) is 2. The van der Waals surface area contributed by atoms with E-state index in [2.05, 4.69) is 133 Å². The summed E-state index contributed by atoms with van der Waals surface area (Å²) < 4.78 is 6.70. The first-order valence-corrected chi connectivity index (χ1v) is 14.5. The van der Waals surface area contributed by atoms with Crippen molar-refractivity contribution in [1.29, 1.82) is 0 Å². The minimum atomic E-state index is 0.683. The molecule has 0 unspecified atom stereocenters. The summed E-state index contributed by atoms with van der Waals surface area (Å²) in [5, 5.41) is 7.84. The number of aromatic nitrogens is 2. The monoisotopic (exact) mass is 548 g/mol. The fourth-order valence-corrected chi connectivity index (χ4v) is 6.35. The average Bonchev–Trinajstić information content (AvgIpc) is 3.44. The van der Waals surface area contributed by atoms with E-state index in [0.717, 1.165) is 66.2 Å². The number of para-hydroxylation sites is 1. The highest BCUT2D eigenvalue weighted by molar-refractivity contribution is 6.18. The summed E-state index contributed by atoms with van der Waals surface area (Å²) in [5.74, 6) is 0.683. The van der Waals surface area contributed by atoms with Gasteiger partial charge in [0.25, 0.3) is 0 Å². The predicted octanol–water partition coefficient (Wildman–Crippen LogP) is 10.8. The fourth-order valence-electron chi connectivity index (χ4n) is 6.35. The zero-order chi connectivity index (χ0) is 28.3. The molecule has 0 N–H and O–H groups in total. The standard InChI is InChI=1S/C40H24N2O/c1-2-11-26(12-3-1)31-20-21-33(37-34-23-28-14-6-7-15-29(28)24-36(34)43-39(31)37)40-41-35-17-9-8-16-32(35)38(42-40)30-19-18-25-10-4-5-13-27(25)22-30/h1-24H. The number of benzene rings is 7. The molecule has 2 heterocycles. The molecule has 0 aliphatic carbocycles. The number of fused-ring (bicyclic) bond motifs is 6. The summed E-state index contributed by atoms with van der Waals surface area (Å²) >= 11 is 0. The Hall–Kier alpha value is -5.80. The molecule has 3 heteroatoms. The van der Waals surface area contributed by atoms with Crippen LogP contribution in [0.2, 0.25) is 0 Å². The fraction of sp³-hybridized carbons (Fsp3) is 0. The summed E-state index contributed by atoms with van der Waals surface area (Å²) in [5.41, 5.74) is 7.72. The molecular weight excluding hydrogens is 524 g/mol. The van der Waals surface area contributed by atoms with E-state index in [0.29, 0.717) is 5.82 Å². The largest absolute Gasteiger partial charge is 0.455 e. The lowest BCUT2D eigenvalue weighted by atomic mass is 9.96. The van der Waals surface area contributed by atoms with Gasteiger partial charge in [0.15, 0.2) is 5.82 Å². The van der Waals surface area contributed by atoms with Gasteiger partial charge >= 0.3 is 0 Å². The molecule has 0 fully saturated rings. The van der Waals surface area contributed by atoms with Gasteiger partial charge in [-0.25, -0.2) is 9.97 Å². The van der Waals surface area contributed by atoms with Crippen LogP contribution < -0.4 is 0 Å². The van der Waals surface area contributed by atoms with E-state index in [1.807, 2.05) is 12.1 Å². The minimum Gasteiger partial charge on any atom is -0.455 e. The second-order valence-electron chi connectivity index (χ2n) is 11.0. The van der Waals surface area contributed by atoms with Crippen molar-refractivity contribution in [2.24, 2.45) is 0 Å². The molecule has 0 amide bonds. The SMILES string of the molecule is c1ccc(-c2ccc(-c3nc(-c4ccc5ccccc5c4)c4ccccc4n3)c3c2oc2cc4ccccc4cc23)cc1. The maximum absolute atomic E-state index is 6.70. The molecule has 0 spiro atoms. The smallest absolute Gasteiger partial charge is 0.161 e. The second-order valence-corrected chi connectivity index (χ2v) is 11.0. The van der Waals surface area contributed by atoms with Gasteiger partial charge in [-0.15, -0.1) is 0 Å². The Morgan fingerprint density at radius 1 is 0.442 bits per heavy atom. The number of rotatable bonds is 3. The van der Waals surface area contributed by atoms with Crippen LogP contribution in [0.15, 0.2) is 150 Å². The van der Waals surface area contributed by atoms with E-state index >= 15 is 0 Å². The molecule has 9 aromatic rings. The van der Waals surface area contributed by atoms with Gasteiger partial charge in [-0.05, 0) is 63.5 Å². The Morgan fingerprint density at radius 3 is 1.95 bits per heavy atom. The predicted molar refractivity (Wildman–Crippen MR) is 178 cm³/mol. The molecule has 7 aromatic carbocycles. The number of hydrogen-bond acceptors (Lipinski definition) is 3. The minimum absolute atomic E-state index is 0.683. The first-order chi connectivity index (χ1) is 21.3. The first kappa shape index (κ1) is 23.9. The highest BCUT2D eigenvalue weighted by Gasteiger charge is 2.21.